The molecular formula is C34H38Cl2F3N3O4S. The Bertz CT molecular complexity index is 1610. The molecule has 0 unspecified atom stereocenters. The number of halogens is 5. The first-order chi connectivity index (χ1) is 22.2. The molecule has 0 saturated heterocycles. The fraction of sp³-hybridized carbons (Fsp3) is 0.412. The molecule has 1 aliphatic rings. The van der Waals surface area contributed by atoms with Crippen LogP contribution in [0, 0.1) is 0 Å². The zero-order valence-electron chi connectivity index (χ0n) is 26.0. The molecule has 3 aromatic rings. The van der Waals surface area contributed by atoms with Gasteiger partial charge in [0, 0.05) is 47.6 Å². The normalized spacial score (nSPS) is 14.8. The van der Waals surface area contributed by atoms with E-state index in [1.807, 2.05) is 30.3 Å². The van der Waals surface area contributed by atoms with Crippen LogP contribution >= 0.6 is 23.2 Å². The van der Waals surface area contributed by atoms with E-state index in [1.165, 1.54) is 11.0 Å². The summed E-state index contributed by atoms with van der Waals surface area (Å²) < 4.78 is 66.4. The van der Waals surface area contributed by atoms with Crippen molar-refractivity contribution in [2.24, 2.45) is 0 Å². The predicted molar refractivity (Wildman–Crippen MR) is 179 cm³/mol. The Balaban J connectivity index is 1.63. The number of benzene rings is 3. The fourth-order valence-corrected chi connectivity index (χ4v) is 7.27. The predicted octanol–water partition coefficient (Wildman–Crippen LogP) is 7.65. The van der Waals surface area contributed by atoms with Crippen LogP contribution in [0.2, 0.25) is 10.0 Å². The lowest BCUT2D eigenvalue weighted by Gasteiger charge is -2.34. The summed E-state index contributed by atoms with van der Waals surface area (Å²) in [6, 6.07) is 17.3. The number of hydrogen-bond acceptors (Lipinski definition) is 4. The number of amides is 2. The molecule has 254 valence electrons. The molecule has 2 amide bonds. The molecule has 13 heteroatoms. The molecule has 1 atom stereocenters. The van der Waals surface area contributed by atoms with Gasteiger partial charge in [-0.25, -0.2) is 8.42 Å². The molecule has 4 rings (SSSR count). The van der Waals surface area contributed by atoms with E-state index in [0.29, 0.717) is 15.6 Å². The molecule has 47 heavy (non-hydrogen) atoms. The van der Waals surface area contributed by atoms with Gasteiger partial charge in [0.05, 0.1) is 17.5 Å². The Labute approximate surface area is 284 Å². The number of rotatable bonds is 13. The van der Waals surface area contributed by atoms with Crippen LogP contribution in [-0.4, -0.2) is 50.0 Å². The number of anilines is 1. The van der Waals surface area contributed by atoms with Crippen molar-refractivity contribution in [3.8, 4) is 0 Å². The van der Waals surface area contributed by atoms with Crippen molar-refractivity contribution in [3.05, 3.63) is 99.5 Å². The zero-order valence-corrected chi connectivity index (χ0v) is 28.3. The van der Waals surface area contributed by atoms with E-state index in [2.05, 4.69) is 5.32 Å². The second-order valence-electron chi connectivity index (χ2n) is 11.8. The number of alkyl halides is 3. The monoisotopic (exact) mass is 711 g/mol. The first-order valence-corrected chi connectivity index (χ1v) is 18.1. The second-order valence-corrected chi connectivity index (χ2v) is 14.5. The molecule has 0 spiro atoms. The lowest BCUT2D eigenvalue weighted by molar-refractivity contribution is -0.141. The minimum Gasteiger partial charge on any atom is -0.352 e. The molecule has 0 aliphatic heterocycles. The number of nitrogens with one attached hydrogen (secondary N) is 1. The van der Waals surface area contributed by atoms with E-state index in [0.717, 1.165) is 66.4 Å². The molecule has 1 N–H and O–H groups in total. The summed E-state index contributed by atoms with van der Waals surface area (Å²) in [5, 5.41) is 3.77. The third kappa shape index (κ3) is 10.4. The van der Waals surface area contributed by atoms with Gasteiger partial charge >= 0.3 is 6.18 Å². The first-order valence-electron chi connectivity index (χ1n) is 15.5. The first kappa shape index (κ1) is 36.6. The van der Waals surface area contributed by atoms with Crippen LogP contribution in [0.15, 0.2) is 72.8 Å². The standard InChI is InChI=1S/C34H38Cl2F3N3O4S/c1-47(45,46)42(27-16-8-13-25(22-27)34(37,38)39)20-10-19-32(43)41(23-28-29(35)17-9-18-30(28)36)31(21-24-11-4-2-5-12-24)33(44)40-26-14-6-3-7-15-26/h2,4-5,8-9,11-13,16-18,22,26,31H,3,6-7,10,14-15,19-21,23H2,1H3,(H,40,44)/t31-/m1/s1. The summed E-state index contributed by atoms with van der Waals surface area (Å²) >= 11 is 13.0. The van der Waals surface area contributed by atoms with Gasteiger partial charge < -0.3 is 10.2 Å². The van der Waals surface area contributed by atoms with Crippen molar-refractivity contribution in [2.75, 3.05) is 17.1 Å². The summed E-state index contributed by atoms with van der Waals surface area (Å²) in [7, 11) is -4.00. The summed E-state index contributed by atoms with van der Waals surface area (Å²) in [4.78, 5) is 29.5. The average molecular weight is 713 g/mol. The Morgan fingerprint density at radius 2 is 1.57 bits per heavy atom. The number of hydrogen-bond donors (Lipinski definition) is 1. The molecule has 0 bridgehead atoms. The van der Waals surface area contributed by atoms with Gasteiger partial charge in [-0.1, -0.05) is 84.9 Å². The summed E-state index contributed by atoms with van der Waals surface area (Å²) in [6.07, 6.45) is 0.965. The minimum atomic E-state index is -4.67. The highest BCUT2D eigenvalue weighted by Crippen LogP contribution is 2.33. The van der Waals surface area contributed by atoms with Crippen LogP contribution in [0.5, 0.6) is 0 Å². The summed E-state index contributed by atoms with van der Waals surface area (Å²) in [6.45, 7) is -0.347. The van der Waals surface area contributed by atoms with E-state index >= 15 is 0 Å². The van der Waals surface area contributed by atoms with Gasteiger partial charge in [-0.05, 0) is 55.2 Å². The van der Waals surface area contributed by atoms with E-state index in [-0.39, 0.29) is 50.0 Å². The van der Waals surface area contributed by atoms with E-state index in [9.17, 15) is 31.2 Å². The largest absolute Gasteiger partial charge is 0.416 e. The van der Waals surface area contributed by atoms with Crippen molar-refractivity contribution in [1.82, 2.24) is 10.2 Å². The van der Waals surface area contributed by atoms with Gasteiger partial charge in [0.15, 0.2) is 0 Å². The number of carbonyl (C=O) groups excluding carboxylic acids is 2. The number of nitrogens with zero attached hydrogens (tertiary/aromatic N) is 2. The molecule has 1 fully saturated rings. The second kappa shape index (κ2) is 16.2. The third-order valence-electron chi connectivity index (χ3n) is 8.23. The van der Waals surface area contributed by atoms with Gasteiger partial charge in [-0.2, -0.15) is 13.2 Å². The van der Waals surface area contributed by atoms with Crippen LogP contribution in [-0.2, 0) is 38.8 Å². The van der Waals surface area contributed by atoms with Gasteiger partial charge in [0.2, 0.25) is 21.8 Å². The molecule has 0 heterocycles. The Morgan fingerprint density at radius 3 is 2.19 bits per heavy atom. The number of sulfonamides is 1. The van der Waals surface area contributed by atoms with E-state index in [4.69, 9.17) is 23.2 Å². The molecule has 0 aromatic heterocycles. The molecule has 0 radical (unpaired) electrons. The van der Waals surface area contributed by atoms with Crippen molar-refractivity contribution < 1.29 is 31.2 Å². The van der Waals surface area contributed by atoms with E-state index in [1.54, 1.807) is 18.2 Å². The average Bonchev–Trinajstić information content (AvgIpc) is 3.02. The fourth-order valence-electron chi connectivity index (χ4n) is 5.79. The highest BCUT2D eigenvalue weighted by atomic mass is 35.5. The Hall–Kier alpha value is -3.28. The van der Waals surface area contributed by atoms with Crippen molar-refractivity contribution in [1.29, 1.82) is 0 Å². The van der Waals surface area contributed by atoms with Crippen molar-refractivity contribution in [2.45, 2.75) is 76.2 Å². The maximum atomic E-state index is 14.1. The maximum Gasteiger partial charge on any atom is 0.416 e. The van der Waals surface area contributed by atoms with Gasteiger partial charge in [-0.15, -0.1) is 0 Å². The van der Waals surface area contributed by atoms with Gasteiger partial charge in [0.25, 0.3) is 0 Å². The van der Waals surface area contributed by atoms with Crippen molar-refractivity contribution >= 4 is 50.7 Å². The smallest absolute Gasteiger partial charge is 0.352 e. The van der Waals surface area contributed by atoms with Crippen LogP contribution < -0.4 is 9.62 Å². The molecular weight excluding hydrogens is 674 g/mol. The summed E-state index contributed by atoms with van der Waals surface area (Å²) in [5.74, 6) is -0.780. The highest BCUT2D eigenvalue weighted by Gasteiger charge is 2.34. The molecule has 7 nitrogen and oxygen atoms in total. The third-order valence-corrected chi connectivity index (χ3v) is 10.1. The Kier molecular flexibility index (Phi) is 12.6. The Morgan fingerprint density at radius 1 is 0.936 bits per heavy atom. The van der Waals surface area contributed by atoms with Gasteiger partial charge in [0.1, 0.15) is 6.04 Å². The lowest BCUT2D eigenvalue weighted by atomic mass is 9.94. The minimum absolute atomic E-state index is 0.0221. The van der Waals surface area contributed by atoms with Crippen LogP contribution in [0.25, 0.3) is 0 Å². The van der Waals surface area contributed by atoms with Crippen LogP contribution in [0.4, 0.5) is 18.9 Å². The summed E-state index contributed by atoms with van der Waals surface area (Å²) in [5.41, 5.74) is 0.125. The molecule has 3 aromatic carbocycles. The topological polar surface area (TPSA) is 86.8 Å². The number of carbonyl (C=O) groups is 2. The maximum absolute atomic E-state index is 14.1. The molecule has 1 saturated carbocycles. The van der Waals surface area contributed by atoms with Crippen LogP contribution in [0.1, 0.15) is 61.6 Å². The SMILES string of the molecule is CS(=O)(=O)N(CCCC(=O)N(Cc1c(Cl)cccc1Cl)[C@H](Cc1ccccc1)C(=O)NC1CCCCC1)c1cccc(C(F)(F)F)c1. The zero-order chi connectivity index (χ0) is 34.2. The lowest BCUT2D eigenvalue weighted by Crippen LogP contribution is -2.53. The van der Waals surface area contributed by atoms with Gasteiger partial charge in [-0.3, -0.25) is 13.9 Å². The highest BCUT2D eigenvalue weighted by molar-refractivity contribution is 7.92. The van der Waals surface area contributed by atoms with Crippen LogP contribution in [0.3, 0.4) is 0 Å². The molecule has 1 aliphatic carbocycles. The quantitative estimate of drug-likeness (QED) is 0.197. The van der Waals surface area contributed by atoms with E-state index < -0.39 is 33.7 Å². The van der Waals surface area contributed by atoms with Crippen molar-refractivity contribution in [3.63, 3.8) is 0 Å².